The molecule has 0 heterocycles. The summed E-state index contributed by atoms with van der Waals surface area (Å²) >= 11 is 3.04. The second-order valence-electron chi connectivity index (χ2n) is 3.83. The van der Waals surface area contributed by atoms with Crippen LogP contribution in [-0.2, 0) is 4.79 Å². The first-order valence-corrected chi connectivity index (χ1v) is 5.84. The number of alkyl halides is 3. The average Bonchev–Trinajstić information content (AvgIpc) is 2.19. The Kier molecular flexibility index (Phi) is 4.61. The molecular weight excluding hydrogens is 315 g/mol. The Morgan fingerprint density at radius 1 is 1.39 bits per heavy atom. The van der Waals surface area contributed by atoms with Gasteiger partial charge in [0.15, 0.2) is 5.75 Å². The highest BCUT2D eigenvalue weighted by molar-refractivity contribution is 9.10. The standard InChI is InChI=1S/C11H11BrF3NO2/c1-6(2)10(17)16-8-4-3-7(12)5-9(8)18-11(13,14)15/h3-6H,1-2H3,(H,16,17). The number of halogens is 4. The maximum atomic E-state index is 12.2. The first-order chi connectivity index (χ1) is 8.19. The fraction of sp³-hybridized carbons (Fsp3) is 0.364. The SMILES string of the molecule is CC(C)C(=O)Nc1ccc(Br)cc1OC(F)(F)F. The second-order valence-corrected chi connectivity index (χ2v) is 4.75. The first kappa shape index (κ1) is 14.8. The van der Waals surface area contributed by atoms with Gasteiger partial charge in [-0.25, -0.2) is 0 Å². The van der Waals surface area contributed by atoms with Crippen LogP contribution >= 0.6 is 15.9 Å². The quantitative estimate of drug-likeness (QED) is 0.914. The molecule has 0 spiro atoms. The van der Waals surface area contributed by atoms with Crippen molar-refractivity contribution in [1.29, 1.82) is 0 Å². The zero-order chi connectivity index (χ0) is 13.9. The fourth-order valence-electron chi connectivity index (χ4n) is 1.09. The van der Waals surface area contributed by atoms with E-state index in [1.54, 1.807) is 13.8 Å². The number of carbonyl (C=O) groups is 1. The van der Waals surface area contributed by atoms with Crippen LogP contribution in [0.3, 0.4) is 0 Å². The van der Waals surface area contributed by atoms with Crippen molar-refractivity contribution in [2.24, 2.45) is 5.92 Å². The van der Waals surface area contributed by atoms with Gasteiger partial charge in [-0.2, -0.15) is 0 Å². The normalized spacial score (nSPS) is 11.5. The number of ether oxygens (including phenoxy) is 1. The highest BCUT2D eigenvalue weighted by atomic mass is 79.9. The minimum atomic E-state index is -4.81. The lowest BCUT2D eigenvalue weighted by molar-refractivity contribution is -0.274. The Morgan fingerprint density at radius 2 is 2.00 bits per heavy atom. The largest absolute Gasteiger partial charge is 0.573 e. The van der Waals surface area contributed by atoms with E-state index < -0.39 is 12.1 Å². The number of anilines is 1. The van der Waals surface area contributed by atoms with Crippen molar-refractivity contribution >= 4 is 27.5 Å². The number of carbonyl (C=O) groups excluding carboxylic acids is 1. The molecule has 0 bridgehead atoms. The van der Waals surface area contributed by atoms with Gasteiger partial charge in [0, 0.05) is 10.4 Å². The predicted octanol–water partition coefficient (Wildman–Crippen LogP) is 3.94. The summed E-state index contributed by atoms with van der Waals surface area (Å²) in [5.74, 6) is -1.18. The molecule has 0 radical (unpaired) electrons. The molecule has 1 amide bonds. The van der Waals surface area contributed by atoms with Gasteiger partial charge in [0.05, 0.1) is 5.69 Å². The molecule has 0 saturated carbocycles. The molecule has 7 heteroatoms. The summed E-state index contributed by atoms with van der Waals surface area (Å²) in [5.41, 5.74) is -0.0192. The van der Waals surface area contributed by atoms with E-state index in [9.17, 15) is 18.0 Å². The molecule has 1 aromatic carbocycles. The Hall–Kier alpha value is -1.24. The van der Waals surface area contributed by atoms with Crippen molar-refractivity contribution in [3.8, 4) is 5.75 Å². The van der Waals surface area contributed by atoms with E-state index in [-0.39, 0.29) is 17.5 Å². The molecule has 0 aromatic heterocycles. The van der Waals surface area contributed by atoms with E-state index in [0.717, 1.165) is 6.07 Å². The van der Waals surface area contributed by atoms with Crippen LogP contribution in [-0.4, -0.2) is 12.3 Å². The average molecular weight is 326 g/mol. The van der Waals surface area contributed by atoms with Crippen molar-refractivity contribution < 1.29 is 22.7 Å². The van der Waals surface area contributed by atoms with Crippen LogP contribution in [0.1, 0.15) is 13.8 Å². The number of amides is 1. The topological polar surface area (TPSA) is 38.3 Å². The zero-order valence-electron chi connectivity index (χ0n) is 9.64. The van der Waals surface area contributed by atoms with Crippen LogP contribution in [0.4, 0.5) is 18.9 Å². The van der Waals surface area contributed by atoms with Crippen LogP contribution in [0.15, 0.2) is 22.7 Å². The molecule has 0 unspecified atom stereocenters. The maximum absolute atomic E-state index is 12.2. The molecule has 0 saturated heterocycles. The third kappa shape index (κ3) is 4.56. The fourth-order valence-corrected chi connectivity index (χ4v) is 1.43. The number of nitrogens with one attached hydrogen (secondary N) is 1. The summed E-state index contributed by atoms with van der Waals surface area (Å²) in [7, 11) is 0. The van der Waals surface area contributed by atoms with E-state index in [1.165, 1.54) is 12.1 Å². The van der Waals surface area contributed by atoms with E-state index in [4.69, 9.17) is 0 Å². The Morgan fingerprint density at radius 3 is 2.50 bits per heavy atom. The predicted molar refractivity (Wildman–Crippen MR) is 64.3 cm³/mol. The summed E-state index contributed by atoms with van der Waals surface area (Å²) in [6, 6.07) is 3.99. The zero-order valence-corrected chi connectivity index (χ0v) is 11.2. The minimum Gasteiger partial charge on any atom is -0.404 e. The van der Waals surface area contributed by atoms with Gasteiger partial charge in [-0.3, -0.25) is 4.79 Å². The molecule has 0 fully saturated rings. The summed E-state index contributed by atoms with van der Waals surface area (Å²) < 4.78 is 40.9. The number of hydrogen-bond acceptors (Lipinski definition) is 2. The lowest BCUT2D eigenvalue weighted by Gasteiger charge is -2.15. The van der Waals surface area contributed by atoms with Gasteiger partial charge in [0.2, 0.25) is 5.91 Å². The van der Waals surface area contributed by atoms with Crippen molar-refractivity contribution in [3.05, 3.63) is 22.7 Å². The molecule has 0 aliphatic heterocycles. The van der Waals surface area contributed by atoms with Gasteiger partial charge in [-0.15, -0.1) is 13.2 Å². The van der Waals surface area contributed by atoms with Crippen LogP contribution in [0, 0.1) is 5.92 Å². The smallest absolute Gasteiger partial charge is 0.404 e. The number of hydrogen-bond donors (Lipinski definition) is 1. The molecule has 100 valence electrons. The molecular formula is C11H11BrF3NO2. The molecule has 3 nitrogen and oxygen atoms in total. The highest BCUT2D eigenvalue weighted by Crippen LogP contribution is 2.33. The Balaban J connectivity index is 3.00. The van der Waals surface area contributed by atoms with Crippen LogP contribution in [0.2, 0.25) is 0 Å². The maximum Gasteiger partial charge on any atom is 0.573 e. The van der Waals surface area contributed by atoms with Gasteiger partial charge in [0.1, 0.15) is 0 Å². The van der Waals surface area contributed by atoms with Gasteiger partial charge in [-0.05, 0) is 18.2 Å². The Labute approximate surface area is 110 Å². The molecule has 18 heavy (non-hydrogen) atoms. The summed E-state index contributed by atoms with van der Waals surface area (Å²) in [6.07, 6.45) is -4.81. The second kappa shape index (κ2) is 5.60. The first-order valence-electron chi connectivity index (χ1n) is 5.05. The van der Waals surface area contributed by atoms with Gasteiger partial charge in [-0.1, -0.05) is 29.8 Å². The van der Waals surface area contributed by atoms with E-state index in [2.05, 4.69) is 26.0 Å². The van der Waals surface area contributed by atoms with Crippen LogP contribution in [0.25, 0.3) is 0 Å². The van der Waals surface area contributed by atoms with Crippen molar-refractivity contribution in [2.45, 2.75) is 20.2 Å². The summed E-state index contributed by atoms with van der Waals surface area (Å²) in [5, 5.41) is 2.38. The Bertz CT molecular complexity index is 446. The van der Waals surface area contributed by atoms with Gasteiger partial charge in [0.25, 0.3) is 0 Å². The summed E-state index contributed by atoms with van der Waals surface area (Å²) in [6.45, 7) is 3.27. The molecule has 1 N–H and O–H groups in total. The van der Waals surface area contributed by atoms with E-state index in [0.29, 0.717) is 4.47 Å². The summed E-state index contributed by atoms with van der Waals surface area (Å²) in [4.78, 5) is 11.5. The lowest BCUT2D eigenvalue weighted by atomic mass is 10.2. The van der Waals surface area contributed by atoms with Crippen molar-refractivity contribution in [2.75, 3.05) is 5.32 Å². The molecule has 0 aliphatic carbocycles. The van der Waals surface area contributed by atoms with Gasteiger partial charge < -0.3 is 10.1 Å². The monoisotopic (exact) mass is 325 g/mol. The van der Waals surface area contributed by atoms with E-state index >= 15 is 0 Å². The van der Waals surface area contributed by atoms with E-state index in [1.807, 2.05) is 0 Å². The molecule has 1 aromatic rings. The lowest BCUT2D eigenvalue weighted by Crippen LogP contribution is -2.21. The number of benzene rings is 1. The molecule has 1 rings (SSSR count). The van der Waals surface area contributed by atoms with Crippen molar-refractivity contribution in [1.82, 2.24) is 0 Å². The third-order valence-electron chi connectivity index (χ3n) is 1.95. The number of rotatable bonds is 3. The van der Waals surface area contributed by atoms with Crippen LogP contribution < -0.4 is 10.1 Å². The van der Waals surface area contributed by atoms with Crippen molar-refractivity contribution in [3.63, 3.8) is 0 Å². The van der Waals surface area contributed by atoms with Crippen LogP contribution in [0.5, 0.6) is 5.75 Å². The molecule has 0 atom stereocenters. The molecule has 0 aliphatic rings. The minimum absolute atomic E-state index is 0.0192. The third-order valence-corrected chi connectivity index (χ3v) is 2.44. The van der Waals surface area contributed by atoms with Gasteiger partial charge >= 0.3 is 6.36 Å². The highest BCUT2D eigenvalue weighted by Gasteiger charge is 2.32.